The molecule has 3 N–H and O–H groups in total. The summed E-state index contributed by atoms with van der Waals surface area (Å²) in [6.45, 7) is 7.23. The highest BCUT2D eigenvalue weighted by Crippen LogP contribution is 2.21. The fourth-order valence-electron chi connectivity index (χ4n) is 2.05. The summed E-state index contributed by atoms with van der Waals surface area (Å²) in [5.74, 6) is 0. The molecular formula is C15H26N2. The van der Waals surface area contributed by atoms with Gasteiger partial charge in [-0.15, -0.1) is 0 Å². The molecule has 0 fully saturated rings. The summed E-state index contributed by atoms with van der Waals surface area (Å²) in [5.41, 5.74) is 8.39. The lowest BCUT2D eigenvalue weighted by Crippen LogP contribution is -2.42. The molecule has 2 heteroatoms. The molecule has 0 spiro atoms. The lowest BCUT2D eigenvalue weighted by atomic mass is 9.94. The van der Waals surface area contributed by atoms with Gasteiger partial charge in [-0.2, -0.15) is 0 Å². The molecular weight excluding hydrogens is 208 g/mol. The molecule has 0 saturated carbocycles. The predicted octanol–water partition coefficient (Wildman–Crippen LogP) is 3.70. The zero-order chi connectivity index (χ0) is 12.7. The summed E-state index contributed by atoms with van der Waals surface area (Å²) in [7, 11) is 0. The van der Waals surface area contributed by atoms with Crippen LogP contribution in [0.4, 0.5) is 5.69 Å². The Morgan fingerprint density at radius 1 is 1.29 bits per heavy atom. The monoisotopic (exact) mass is 234 g/mol. The van der Waals surface area contributed by atoms with Crippen molar-refractivity contribution >= 4 is 5.69 Å². The van der Waals surface area contributed by atoms with E-state index in [9.17, 15) is 0 Å². The SMILES string of the molecule is CCCCCC(C)(CN)Nc1cccc(C)c1. The molecule has 0 heterocycles. The molecule has 1 rings (SSSR count). The molecule has 1 aromatic rings. The van der Waals surface area contributed by atoms with E-state index in [0.717, 1.165) is 6.42 Å². The third kappa shape index (κ3) is 4.78. The van der Waals surface area contributed by atoms with Crippen LogP contribution in [-0.4, -0.2) is 12.1 Å². The summed E-state index contributed by atoms with van der Waals surface area (Å²) in [6, 6.07) is 8.48. The summed E-state index contributed by atoms with van der Waals surface area (Å²) in [6.07, 6.45) is 4.91. The van der Waals surface area contributed by atoms with Crippen LogP contribution >= 0.6 is 0 Å². The zero-order valence-electron chi connectivity index (χ0n) is 11.4. The molecule has 1 unspecified atom stereocenters. The predicted molar refractivity (Wildman–Crippen MR) is 76.4 cm³/mol. The van der Waals surface area contributed by atoms with Crippen molar-refractivity contribution in [2.24, 2.45) is 5.73 Å². The highest BCUT2D eigenvalue weighted by molar-refractivity contribution is 5.47. The highest BCUT2D eigenvalue weighted by atomic mass is 15.0. The van der Waals surface area contributed by atoms with Crippen LogP contribution in [0.15, 0.2) is 24.3 Å². The van der Waals surface area contributed by atoms with Crippen LogP contribution in [0.5, 0.6) is 0 Å². The minimum atomic E-state index is 0.0168. The maximum atomic E-state index is 5.91. The van der Waals surface area contributed by atoms with Crippen LogP contribution in [0.25, 0.3) is 0 Å². The summed E-state index contributed by atoms with van der Waals surface area (Å²) in [4.78, 5) is 0. The van der Waals surface area contributed by atoms with Crippen molar-refractivity contribution in [3.05, 3.63) is 29.8 Å². The first-order valence-electron chi connectivity index (χ1n) is 6.64. The molecule has 0 amide bonds. The molecule has 0 radical (unpaired) electrons. The molecule has 0 aliphatic rings. The molecule has 0 bridgehead atoms. The minimum Gasteiger partial charge on any atom is -0.379 e. The maximum absolute atomic E-state index is 5.91. The number of aryl methyl sites for hydroxylation is 1. The molecule has 2 nitrogen and oxygen atoms in total. The maximum Gasteiger partial charge on any atom is 0.0467 e. The minimum absolute atomic E-state index is 0.0168. The standard InChI is InChI=1S/C15H26N2/c1-4-5-6-10-15(3,12-16)17-14-9-7-8-13(2)11-14/h7-9,11,17H,4-6,10,12,16H2,1-3H3. The van der Waals surface area contributed by atoms with Crippen LogP contribution in [-0.2, 0) is 0 Å². The Labute approximate surface area is 106 Å². The molecule has 1 atom stereocenters. The van der Waals surface area contributed by atoms with E-state index < -0.39 is 0 Å². The van der Waals surface area contributed by atoms with Gasteiger partial charge in [0, 0.05) is 17.8 Å². The lowest BCUT2D eigenvalue weighted by Gasteiger charge is -2.31. The summed E-state index contributed by atoms with van der Waals surface area (Å²) >= 11 is 0. The van der Waals surface area contributed by atoms with Crippen molar-refractivity contribution in [3.8, 4) is 0 Å². The third-order valence-corrected chi connectivity index (χ3v) is 3.25. The molecule has 0 aromatic heterocycles. The van der Waals surface area contributed by atoms with E-state index >= 15 is 0 Å². The first-order valence-corrected chi connectivity index (χ1v) is 6.64. The van der Waals surface area contributed by atoms with Crippen molar-refractivity contribution in [2.45, 2.75) is 52.0 Å². The average molecular weight is 234 g/mol. The fraction of sp³-hybridized carbons (Fsp3) is 0.600. The highest BCUT2D eigenvalue weighted by Gasteiger charge is 2.21. The first-order chi connectivity index (χ1) is 8.09. The average Bonchev–Trinajstić information content (AvgIpc) is 2.29. The van der Waals surface area contributed by atoms with Gasteiger partial charge in [-0.1, -0.05) is 38.3 Å². The Kier molecular flexibility index (Phi) is 5.49. The zero-order valence-corrected chi connectivity index (χ0v) is 11.4. The normalized spacial score (nSPS) is 14.4. The topological polar surface area (TPSA) is 38.0 Å². The van der Waals surface area contributed by atoms with E-state index in [-0.39, 0.29) is 5.54 Å². The van der Waals surface area contributed by atoms with Crippen molar-refractivity contribution in [2.75, 3.05) is 11.9 Å². The van der Waals surface area contributed by atoms with E-state index in [4.69, 9.17) is 5.73 Å². The van der Waals surface area contributed by atoms with Crippen LogP contribution in [0.2, 0.25) is 0 Å². The molecule has 0 aliphatic carbocycles. The van der Waals surface area contributed by atoms with Gasteiger partial charge in [0.15, 0.2) is 0 Å². The largest absolute Gasteiger partial charge is 0.379 e. The lowest BCUT2D eigenvalue weighted by molar-refractivity contribution is 0.455. The first kappa shape index (κ1) is 14.0. The Morgan fingerprint density at radius 3 is 2.65 bits per heavy atom. The quantitative estimate of drug-likeness (QED) is 0.706. The number of benzene rings is 1. The number of unbranched alkanes of at least 4 members (excludes halogenated alkanes) is 2. The fourth-order valence-corrected chi connectivity index (χ4v) is 2.05. The van der Waals surface area contributed by atoms with Crippen LogP contribution in [0.1, 0.15) is 45.1 Å². The van der Waals surface area contributed by atoms with Gasteiger partial charge in [0.05, 0.1) is 0 Å². The van der Waals surface area contributed by atoms with Gasteiger partial charge in [0.25, 0.3) is 0 Å². The Bertz CT molecular complexity index is 335. The number of hydrogen-bond donors (Lipinski definition) is 2. The number of nitrogens with one attached hydrogen (secondary N) is 1. The van der Waals surface area contributed by atoms with Crippen molar-refractivity contribution < 1.29 is 0 Å². The van der Waals surface area contributed by atoms with Gasteiger partial charge in [0.2, 0.25) is 0 Å². The van der Waals surface area contributed by atoms with Crippen LogP contribution in [0.3, 0.4) is 0 Å². The Morgan fingerprint density at radius 2 is 2.06 bits per heavy atom. The van der Waals surface area contributed by atoms with Crippen molar-refractivity contribution in [1.29, 1.82) is 0 Å². The van der Waals surface area contributed by atoms with Crippen molar-refractivity contribution in [3.63, 3.8) is 0 Å². The van der Waals surface area contributed by atoms with Gasteiger partial charge in [0.1, 0.15) is 0 Å². The van der Waals surface area contributed by atoms with E-state index in [1.54, 1.807) is 0 Å². The van der Waals surface area contributed by atoms with Crippen LogP contribution in [0, 0.1) is 6.92 Å². The molecule has 0 saturated heterocycles. The number of rotatable bonds is 7. The van der Waals surface area contributed by atoms with E-state index in [2.05, 4.69) is 50.4 Å². The second-order valence-electron chi connectivity index (χ2n) is 5.22. The van der Waals surface area contributed by atoms with Crippen LogP contribution < -0.4 is 11.1 Å². The molecule has 96 valence electrons. The second kappa shape index (κ2) is 6.65. The van der Waals surface area contributed by atoms with Gasteiger partial charge in [-0.05, 0) is 38.0 Å². The van der Waals surface area contributed by atoms with Gasteiger partial charge >= 0.3 is 0 Å². The molecule has 0 aliphatic heterocycles. The smallest absolute Gasteiger partial charge is 0.0467 e. The second-order valence-corrected chi connectivity index (χ2v) is 5.22. The van der Waals surface area contributed by atoms with Gasteiger partial charge in [-0.25, -0.2) is 0 Å². The van der Waals surface area contributed by atoms with E-state index in [1.165, 1.54) is 30.5 Å². The molecule has 17 heavy (non-hydrogen) atoms. The van der Waals surface area contributed by atoms with E-state index in [0.29, 0.717) is 6.54 Å². The number of anilines is 1. The third-order valence-electron chi connectivity index (χ3n) is 3.25. The summed E-state index contributed by atoms with van der Waals surface area (Å²) < 4.78 is 0. The van der Waals surface area contributed by atoms with E-state index in [1.807, 2.05) is 0 Å². The number of nitrogens with two attached hydrogens (primary N) is 1. The van der Waals surface area contributed by atoms with Gasteiger partial charge in [-0.3, -0.25) is 0 Å². The van der Waals surface area contributed by atoms with Gasteiger partial charge < -0.3 is 11.1 Å². The summed E-state index contributed by atoms with van der Waals surface area (Å²) in [5, 5.41) is 3.58. The Balaban J connectivity index is 2.61. The Hall–Kier alpha value is -1.02. The number of hydrogen-bond acceptors (Lipinski definition) is 2. The molecule has 1 aromatic carbocycles. The van der Waals surface area contributed by atoms with Crippen molar-refractivity contribution in [1.82, 2.24) is 0 Å².